The Kier molecular flexibility index (Phi) is 6.24. The lowest BCUT2D eigenvalue weighted by Crippen LogP contribution is -2.17. The summed E-state index contributed by atoms with van der Waals surface area (Å²) in [5, 5.41) is 12.9. The highest BCUT2D eigenvalue weighted by atomic mass is 32.2. The van der Waals surface area contributed by atoms with Crippen molar-refractivity contribution in [3.8, 4) is 0 Å². The molecular formula is C17H23N3O2S. The number of amides is 1. The van der Waals surface area contributed by atoms with Crippen molar-refractivity contribution in [1.82, 2.24) is 9.55 Å². The second-order valence-corrected chi connectivity index (χ2v) is 6.19. The molecule has 5 nitrogen and oxygen atoms in total. The van der Waals surface area contributed by atoms with Crippen molar-refractivity contribution in [1.29, 1.82) is 0 Å². The van der Waals surface area contributed by atoms with Crippen LogP contribution in [0.5, 0.6) is 0 Å². The Balaban J connectivity index is 2.04. The number of nitrogens with one attached hydrogen (secondary N) is 1. The maximum absolute atomic E-state index is 12.3. The van der Waals surface area contributed by atoms with Crippen LogP contribution in [0.25, 0.3) is 0 Å². The van der Waals surface area contributed by atoms with Crippen LogP contribution in [0.2, 0.25) is 0 Å². The number of anilines is 1. The maximum atomic E-state index is 12.3. The molecule has 0 bridgehead atoms. The number of aryl methyl sites for hydroxylation is 2. The highest BCUT2D eigenvalue weighted by Gasteiger charge is 2.12. The van der Waals surface area contributed by atoms with E-state index >= 15 is 0 Å². The number of carbonyl (C=O) groups is 1. The van der Waals surface area contributed by atoms with Crippen LogP contribution < -0.4 is 5.32 Å². The minimum Gasteiger partial charge on any atom is -0.390 e. The van der Waals surface area contributed by atoms with Crippen molar-refractivity contribution in [2.24, 2.45) is 7.05 Å². The number of aromatic nitrogens is 2. The zero-order valence-electron chi connectivity index (χ0n) is 13.8. The smallest absolute Gasteiger partial charge is 0.234 e. The fourth-order valence-corrected chi connectivity index (χ4v) is 3.19. The quantitative estimate of drug-likeness (QED) is 0.765. The Bertz CT molecular complexity index is 660. The van der Waals surface area contributed by atoms with Gasteiger partial charge in [-0.2, -0.15) is 0 Å². The molecule has 1 aromatic carbocycles. The average molecular weight is 333 g/mol. The van der Waals surface area contributed by atoms with E-state index in [4.69, 9.17) is 5.11 Å². The first-order chi connectivity index (χ1) is 11.1. The molecule has 0 unspecified atom stereocenters. The molecule has 0 aliphatic rings. The fraction of sp³-hybridized carbons (Fsp3) is 0.412. The number of aliphatic hydroxyl groups excluding tert-OH is 1. The van der Waals surface area contributed by atoms with Gasteiger partial charge in [-0.05, 0) is 24.0 Å². The van der Waals surface area contributed by atoms with Gasteiger partial charge < -0.3 is 15.0 Å². The van der Waals surface area contributed by atoms with Gasteiger partial charge in [0.05, 0.1) is 24.3 Å². The number of rotatable bonds is 7. The van der Waals surface area contributed by atoms with Gasteiger partial charge >= 0.3 is 0 Å². The van der Waals surface area contributed by atoms with Crippen molar-refractivity contribution in [3.05, 3.63) is 41.2 Å². The van der Waals surface area contributed by atoms with Crippen molar-refractivity contribution in [2.45, 2.75) is 38.5 Å². The normalized spacial score (nSPS) is 10.8. The first-order valence-corrected chi connectivity index (χ1v) is 8.74. The molecule has 0 spiro atoms. The number of hydrogen-bond acceptors (Lipinski definition) is 4. The molecule has 0 fully saturated rings. The molecule has 0 saturated carbocycles. The van der Waals surface area contributed by atoms with Crippen molar-refractivity contribution in [2.75, 3.05) is 11.1 Å². The van der Waals surface area contributed by atoms with Gasteiger partial charge in [-0.15, -0.1) is 0 Å². The number of aliphatic hydroxyl groups is 1. The van der Waals surface area contributed by atoms with E-state index < -0.39 is 0 Å². The lowest BCUT2D eigenvalue weighted by Gasteiger charge is -2.14. The van der Waals surface area contributed by atoms with Crippen molar-refractivity contribution >= 4 is 23.4 Å². The number of benzene rings is 1. The second kappa shape index (κ2) is 8.17. The summed E-state index contributed by atoms with van der Waals surface area (Å²) in [4.78, 5) is 16.5. The molecular weight excluding hydrogens is 310 g/mol. The highest BCUT2D eigenvalue weighted by molar-refractivity contribution is 7.99. The van der Waals surface area contributed by atoms with E-state index in [0.29, 0.717) is 0 Å². The summed E-state index contributed by atoms with van der Waals surface area (Å²) in [6.07, 6.45) is 3.40. The van der Waals surface area contributed by atoms with E-state index in [1.807, 2.05) is 25.2 Å². The van der Waals surface area contributed by atoms with Gasteiger partial charge in [0, 0.05) is 12.7 Å². The third-order valence-electron chi connectivity index (χ3n) is 3.80. The second-order valence-electron chi connectivity index (χ2n) is 5.24. The summed E-state index contributed by atoms with van der Waals surface area (Å²) in [6.45, 7) is 4.12. The van der Waals surface area contributed by atoms with E-state index in [1.165, 1.54) is 11.8 Å². The van der Waals surface area contributed by atoms with Crippen LogP contribution in [-0.4, -0.2) is 26.3 Å². The van der Waals surface area contributed by atoms with E-state index in [-0.39, 0.29) is 18.3 Å². The zero-order chi connectivity index (χ0) is 16.8. The summed E-state index contributed by atoms with van der Waals surface area (Å²) >= 11 is 1.37. The molecule has 2 N–H and O–H groups in total. The molecule has 124 valence electrons. The number of carbonyl (C=O) groups excluding carboxylic acids is 1. The Labute approximate surface area is 141 Å². The lowest BCUT2D eigenvalue weighted by molar-refractivity contribution is -0.113. The topological polar surface area (TPSA) is 67.2 Å². The number of para-hydroxylation sites is 1. The molecule has 0 aliphatic heterocycles. The van der Waals surface area contributed by atoms with Crippen LogP contribution in [0.3, 0.4) is 0 Å². The monoisotopic (exact) mass is 333 g/mol. The Hall–Kier alpha value is -1.79. The predicted octanol–water partition coefficient (Wildman–Crippen LogP) is 2.77. The Morgan fingerprint density at radius 2 is 1.96 bits per heavy atom. The molecule has 1 amide bonds. The minimum absolute atomic E-state index is 0.0425. The van der Waals surface area contributed by atoms with Gasteiger partial charge in [0.2, 0.25) is 5.91 Å². The SMILES string of the molecule is CCc1cccc(CC)c1NC(=O)CSc1ncc(CO)n1C. The summed E-state index contributed by atoms with van der Waals surface area (Å²) < 4.78 is 1.80. The van der Waals surface area contributed by atoms with E-state index in [1.54, 1.807) is 10.8 Å². The number of nitrogens with zero attached hydrogens (tertiary/aromatic N) is 2. The van der Waals surface area contributed by atoms with E-state index in [0.717, 1.165) is 40.5 Å². The van der Waals surface area contributed by atoms with Crippen LogP contribution in [0, 0.1) is 0 Å². The van der Waals surface area contributed by atoms with Gasteiger partial charge in [-0.3, -0.25) is 4.79 Å². The average Bonchev–Trinajstić information content (AvgIpc) is 2.93. The molecule has 6 heteroatoms. The molecule has 2 aromatic rings. The summed E-state index contributed by atoms with van der Waals surface area (Å²) in [7, 11) is 1.83. The standard InChI is InChI=1S/C17H23N3O2S/c1-4-12-7-6-8-13(5-2)16(12)19-15(22)11-23-17-18-9-14(10-21)20(17)3/h6-9,21H,4-5,10-11H2,1-3H3,(H,19,22). The molecule has 23 heavy (non-hydrogen) atoms. The third-order valence-corrected chi connectivity index (χ3v) is 4.84. The summed E-state index contributed by atoms with van der Waals surface area (Å²) in [6, 6.07) is 6.13. The molecule has 0 atom stereocenters. The maximum Gasteiger partial charge on any atom is 0.234 e. The largest absolute Gasteiger partial charge is 0.390 e. The molecule has 0 saturated heterocycles. The Morgan fingerprint density at radius 3 is 2.48 bits per heavy atom. The number of thioether (sulfide) groups is 1. The van der Waals surface area contributed by atoms with Gasteiger partial charge in [-0.1, -0.05) is 43.8 Å². The van der Waals surface area contributed by atoms with E-state index in [2.05, 4.69) is 24.1 Å². The number of hydrogen-bond donors (Lipinski definition) is 2. The number of imidazole rings is 1. The van der Waals surface area contributed by atoms with Crippen LogP contribution in [-0.2, 0) is 31.3 Å². The van der Waals surface area contributed by atoms with Crippen molar-refractivity contribution in [3.63, 3.8) is 0 Å². The van der Waals surface area contributed by atoms with Gasteiger partial charge in [0.25, 0.3) is 0 Å². The van der Waals surface area contributed by atoms with Gasteiger partial charge in [0.1, 0.15) is 0 Å². The fourth-order valence-electron chi connectivity index (χ4n) is 2.42. The first kappa shape index (κ1) is 17.6. The third kappa shape index (κ3) is 4.14. The van der Waals surface area contributed by atoms with Crippen LogP contribution in [0.4, 0.5) is 5.69 Å². The van der Waals surface area contributed by atoms with Crippen molar-refractivity contribution < 1.29 is 9.90 Å². The molecule has 1 aromatic heterocycles. The first-order valence-electron chi connectivity index (χ1n) is 7.75. The summed E-state index contributed by atoms with van der Waals surface area (Å²) in [5.74, 6) is 0.246. The zero-order valence-corrected chi connectivity index (χ0v) is 14.6. The van der Waals surface area contributed by atoms with Gasteiger partial charge in [-0.25, -0.2) is 4.98 Å². The molecule has 0 radical (unpaired) electrons. The van der Waals surface area contributed by atoms with Gasteiger partial charge in [0.15, 0.2) is 5.16 Å². The summed E-state index contributed by atoms with van der Waals surface area (Å²) in [5.41, 5.74) is 3.99. The predicted molar refractivity (Wildman–Crippen MR) is 93.7 cm³/mol. The van der Waals surface area contributed by atoms with Crippen LogP contribution in [0.15, 0.2) is 29.6 Å². The Morgan fingerprint density at radius 1 is 1.30 bits per heavy atom. The highest BCUT2D eigenvalue weighted by Crippen LogP contribution is 2.23. The molecule has 0 aliphatic carbocycles. The van der Waals surface area contributed by atoms with Crippen LogP contribution >= 0.6 is 11.8 Å². The minimum atomic E-state index is -0.0556. The van der Waals surface area contributed by atoms with E-state index in [9.17, 15) is 4.79 Å². The lowest BCUT2D eigenvalue weighted by atomic mass is 10.0. The molecule has 1 heterocycles. The van der Waals surface area contributed by atoms with Crippen LogP contribution in [0.1, 0.15) is 30.7 Å². The molecule has 2 rings (SSSR count).